The lowest BCUT2D eigenvalue weighted by Crippen LogP contribution is -2.46. The molecule has 88 valence electrons. The minimum atomic E-state index is -1.44. The average Bonchev–Trinajstić information content (AvgIpc) is 2.28. The Kier molecular flexibility index (Phi) is 6.41. The van der Waals surface area contributed by atoms with Crippen LogP contribution in [0.4, 0.5) is 0 Å². The number of unbranched alkanes of at least 4 members (excludes halogenated alkanes) is 1. The van der Waals surface area contributed by atoms with Crippen LogP contribution >= 0.6 is 0 Å². The highest BCUT2D eigenvalue weighted by Gasteiger charge is 2.40. The van der Waals surface area contributed by atoms with E-state index in [0.717, 1.165) is 19.1 Å². The fourth-order valence-electron chi connectivity index (χ4n) is 1.82. The van der Waals surface area contributed by atoms with E-state index in [1.54, 1.807) is 13.8 Å². The molecule has 0 spiro atoms. The second-order valence-corrected chi connectivity index (χ2v) is 3.94. The molecule has 0 rings (SSSR count). The van der Waals surface area contributed by atoms with Gasteiger partial charge in [-0.05, 0) is 12.8 Å². The summed E-state index contributed by atoms with van der Waals surface area (Å²) in [5, 5.41) is 10.2. The van der Waals surface area contributed by atoms with Gasteiger partial charge in [0.05, 0.1) is 5.92 Å². The van der Waals surface area contributed by atoms with E-state index in [1.807, 2.05) is 6.92 Å². The SMILES string of the molecule is CCCC[C@H](C=O)[C@](O)(CC)C(=O)CC. The quantitative estimate of drug-likeness (QED) is 0.630. The molecule has 0 aromatic rings. The van der Waals surface area contributed by atoms with Crippen LogP contribution in [0.2, 0.25) is 0 Å². The zero-order chi connectivity index (χ0) is 11.9. The molecule has 0 aromatic heterocycles. The molecule has 3 heteroatoms. The summed E-state index contributed by atoms with van der Waals surface area (Å²) < 4.78 is 0. The molecule has 0 aliphatic rings. The fourth-order valence-corrected chi connectivity index (χ4v) is 1.82. The van der Waals surface area contributed by atoms with Gasteiger partial charge in [-0.25, -0.2) is 0 Å². The van der Waals surface area contributed by atoms with Crippen LogP contribution in [0, 0.1) is 5.92 Å². The third kappa shape index (κ3) is 3.42. The largest absolute Gasteiger partial charge is 0.381 e. The van der Waals surface area contributed by atoms with E-state index in [2.05, 4.69) is 0 Å². The van der Waals surface area contributed by atoms with E-state index in [9.17, 15) is 14.7 Å². The van der Waals surface area contributed by atoms with Crippen LogP contribution in [0.25, 0.3) is 0 Å². The van der Waals surface area contributed by atoms with Gasteiger partial charge < -0.3 is 9.90 Å². The Morgan fingerprint density at radius 2 is 2.00 bits per heavy atom. The second-order valence-electron chi connectivity index (χ2n) is 3.94. The van der Waals surface area contributed by atoms with Gasteiger partial charge in [-0.2, -0.15) is 0 Å². The Bertz CT molecular complexity index is 213. The van der Waals surface area contributed by atoms with Crippen molar-refractivity contribution in [3.8, 4) is 0 Å². The Labute approximate surface area is 91.9 Å². The van der Waals surface area contributed by atoms with Gasteiger partial charge in [-0.15, -0.1) is 0 Å². The molecule has 0 fully saturated rings. The van der Waals surface area contributed by atoms with Crippen molar-refractivity contribution in [2.24, 2.45) is 5.92 Å². The predicted octanol–water partition coefficient (Wildman–Crippen LogP) is 2.11. The first-order valence-electron chi connectivity index (χ1n) is 5.77. The highest BCUT2D eigenvalue weighted by Crippen LogP contribution is 2.27. The van der Waals surface area contributed by atoms with Gasteiger partial charge in [0.15, 0.2) is 5.78 Å². The number of Topliss-reactive ketones (excluding diaryl/α,β-unsaturated/α-hetero) is 1. The van der Waals surface area contributed by atoms with Crippen molar-refractivity contribution < 1.29 is 14.7 Å². The van der Waals surface area contributed by atoms with Crippen molar-refractivity contribution in [1.82, 2.24) is 0 Å². The second kappa shape index (κ2) is 6.72. The number of aldehydes is 1. The van der Waals surface area contributed by atoms with Crippen LogP contribution in [0.1, 0.15) is 52.9 Å². The van der Waals surface area contributed by atoms with Gasteiger partial charge in [0.25, 0.3) is 0 Å². The Morgan fingerprint density at radius 3 is 2.33 bits per heavy atom. The summed E-state index contributed by atoms with van der Waals surface area (Å²) in [6, 6.07) is 0. The smallest absolute Gasteiger partial charge is 0.164 e. The van der Waals surface area contributed by atoms with Crippen LogP contribution in [0.5, 0.6) is 0 Å². The molecule has 0 aliphatic carbocycles. The standard InChI is InChI=1S/C12H22O3/c1-4-7-8-10(9-13)12(15,6-3)11(14)5-2/h9-10,15H,4-8H2,1-3H3/t10-,12-/m1/s1. The number of hydrogen-bond acceptors (Lipinski definition) is 3. The molecule has 1 N–H and O–H groups in total. The molecule has 0 heterocycles. The van der Waals surface area contributed by atoms with Gasteiger partial charge in [-0.3, -0.25) is 4.79 Å². The third-order valence-corrected chi connectivity index (χ3v) is 2.99. The Balaban J connectivity index is 4.71. The summed E-state index contributed by atoms with van der Waals surface area (Å²) >= 11 is 0. The lowest BCUT2D eigenvalue weighted by Gasteiger charge is -2.30. The average molecular weight is 214 g/mol. The molecule has 0 aliphatic heterocycles. The minimum absolute atomic E-state index is 0.224. The van der Waals surface area contributed by atoms with Crippen LogP contribution in [0.15, 0.2) is 0 Å². The van der Waals surface area contributed by atoms with Crippen LogP contribution in [-0.4, -0.2) is 22.8 Å². The van der Waals surface area contributed by atoms with E-state index in [1.165, 1.54) is 0 Å². The number of carbonyl (C=O) groups excluding carboxylic acids is 2. The summed E-state index contributed by atoms with van der Waals surface area (Å²) in [5.41, 5.74) is -1.44. The van der Waals surface area contributed by atoms with Crippen molar-refractivity contribution >= 4 is 12.1 Å². The lowest BCUT2D eigenvalue weighted by molar-refractivity contribution is -0.147. The zero-order valence-corrected chi connectivity index (χ0v) is 9.95. The summed E-state index contributed by atoms with van der Waals surface area (Å²) in [6.07, 6.45) is 3.74. The molecule has 0 saturated carbocycles. The van der Waals surface area contributed by atoms with Gasteiger partial charge in [0.1, 0.15) is 11.9 Å². The topological polar surface area (TPSA) is 54.4 Å². The molecule has 0 amide bonds. The molecule has 3 nitrogen and oxygen atoms in total. The van der Waals surface area contributed by atoms with Crippen molar-refractivity contribution in [2.75, 3.05) is 0 Å². The van der Waals surface area contributed by atoms with Crippen molar-refractivity contribution in [3.05, 3.63) is 0 Å². The number of aliphatic hydroxyl groups is 1. The number of carbonyl (C=O) groups is 2. The highest BCUT2D eigenvalue weighted by atomic mass is 16.3. The third-order valence-electron chi connectivity index (χ3n) is 2.99. The van der Waals surface area contributed by atoms with Gasteiger partial charge in [0, 0.05) is 6.42 Å². The molecule has 15 heavy (non-hydrogen) atoms. The molecule has 0 unspecified atom stereocenters. The summed E-state index contributed by atoms with van der Waals surface area (Å²) in [6.45, 7) is 5.48. The highest BCUT2D eigenvalue weighted by molar-refractivity contribution is 5.89. The minimum Gasteiger partial charge on any atom is -0.381 e. The zero-order valence-electron chi connectivity index (χ0n) is 9.95. The first-order valence-corrected chi connectivity index (χ1v) is 5.77. The summed E-state index contributed by atoms with van der Waals surface area (Å²) in [4.78, 5) is 22.5. The fraction of sp³-hybridized carbons (Fsp3) is 0.833. The van der Waals surface area contributed by atoms with Crippen LogP contribution in [0.3, 0.4) is 0 Å². The van der Waals surface area contributed by atoms with Gasteiger partial charge in [-0.1, -0.05) is 33.6 Å². The van der Waals surface area contributed by atoms with Gasteiger partial charge >= 0.3 is 0 Å². The maximum absolute atomic E-state index is 11.6. The van der Waals surface area contributed by atoms with E-state index >= 15 is 0 Å². The maximum atomic E-state index is 11.6. The molecule has 0 radical (unpaired) electrons. The predicted molar refractivity (Wildman–Crippen MR) is 59.6 cm³/mol. The Morgan fingerprint density at radius 1 is 1.40 bits per heavy atom. The molecule has 0 aromatic carbocycles. The maximum Gasteiger partial charge on any atom is 0.164 e. The normalized spacial score (nSPS) is 16.8. The molecular weight excluding hydrogens is 192 g/mol. The molecule has 0 saturated heterocycles. The monoisotopic (exact) mass is 214 g/mol. The number of ketones is 1. The van der Waals surface area contributed by atoms with E-state index < -0.39 is 11.5 Å². The number of rotatable bonds is 8. The van der Waals surface area contributed by atoms with Crippen LogP contribution < -0.4 is 0 Å². The number of hydrogen-bond donors (Lipinski definition) is 1. The van der Waals surface area contributed by atoms with E-state index in [0.29, 0.717) is 12.8 Å². The molecule has 2 atom stereocenters. The Hall–Kier alpha value is -0.700. The summed E-state index contributed by atoms with van der Waals surface area (Å²) in [5.74, 6) is -0.770. The van der Waals surface area contributed by atoms with Crippen molar-refractivity contribution in [1.29, 1.82) is 0 Å². The first-order chi connectivity index (χ1) is 7.06. The lowest BCUT2D eigenvalue weighted by atomic mass is 9.79. The van der Waals surface area contributed by atoms with E-state index in [-0.39, 0.29) is 12.2 Å². The van der Waals surface area contributed by atoms with E-state index in [4.69, 9.17) is 0 Å². The molecular formula is C12H22O3. The summed E-state index contributed by atoms with van der Waals surface area (Å²) in [7, 11) is 0. The van der Waals surface area contributed by atoms with Crippen molar-refractivity contribution in [3.63, 3.8) is 0 Å². The first kappa shape index (κ1) is 14.3. The van der Waals surface area contributed by atoms with Crippen molar-refractivity contribution in [2.45, 2.75) is 58.5 Å². The van der Waals surface area contributed by atoms with Crippen LogP contribution in [-0.2, 0) is 9.59 Å². The van der Waals surface area contributed by atoms with Gasteiger partial charge in [0.2, 0.25) is 0 Å². The molecule has 0 bridgehead atoms.